The van der Waals surface area contributed by atoms with Gasteiger partial charge in [0.25, 0.3) is 0 Å². The Kier molecular flexibility index (Phi) is 4.82. The highest BCUT2D eigenvalue weighted by atomic mass is 16.5. The molecule has 118 valence electrons. The maximum atomic E-state index is 12.1. The number of aromatic nitrogens is 2. The molecular weight excluding hydrogens is 280 g/mol. The SMILES string of the molecule is CCCC(C)(N)C(=O)Nc1ccc(Oc2cc(C)[nH]n2)cc1. The Morgan fingerprint density at radius 1 is 1.41 bits per heavy atom. The molecule has 2 aromatic rings. The molecule has 0 saturated carbocycles. The minimum Gasteiger partial charge on any atom is -0.438 e. The van der Waals surface area contributed by atoms with Gasteiger partial charge in [-0.2, -0.15) is 0 Å². The van der Waals surface area contributed by atoms with Crippen molar-refractivity contribution >= 4 is 11.6 Å². The van der Waals surface area contributed by atoms with Crippen molar-refractivity contribution in [3.63, 3.8) is 0 Å². The van der Waals surface area contributed by atoms with Gasteiger partial charge in [0, 0.05) is 17.4 Å². The van der Waals surface area contributed by atoms with Crippen LogP contribution in [0.2, 0.25) is 0 Å². The first-order valence-electron chi connectivity index (χ1n) is 7.31. The molecule has 0 spiro atoms. The molecule has 22 heavy (non-hydrogen) atoms. The lowest BCUT2D eigenvalue weighted by Gasteiger charge is -2.22. The van der Waals surface area contributed by atoms with Crippen molar-refractivity contribution in [2.45, 2.75) is 39.2 Å². The van der Waals surface area contributed by atoms with Crippen LogP contribution in [-0.4, -0.2) is 21.6 Å². The molecular formula is C16H22N4O2. The average molecular weight is 302 g/mol. The maximum absolute atomic E-state index is 12.1. The number of hydrogen-bond acceptors (Lipinski definition) is 4. The van der Waals surface area contributed by atoms with Crippen molar-refractivity contribution in [1.82, 2.24) is 10.2 Å². The van der Waals surface area contributed by atoms with Gasteiger partial charge in [-0.15, -0.1) is 5.10 Å². The zero-order valence-corrected chi connectivity index (χ0v) is 13.1. The molecule has 0 bridgehead atoms. The van der Waals surface area contributed by atoms with E-state index in [1.807, 2.05) is 13.8 Å². The molecule has 4 N–H and O–H groups in total. The number of nitrogens with one attached hydrogen (secondary N) is 2. The van der Waals surface area contributed by atoms with E-state index >= 15 is 0 Å². The van der Waals surface area contributed by atoms with E-state index in [9.17, 15) is 4.79 Å². The zero-order chi connectivity index (χ0) is 16.2. The van der Waals surface area contributed by atoms with Gasteiger partial charge in [0.05, 0.1) is 5.54 Å². The molecule has 0 fully saturated rings. The second-order valence-corrected chi connectivity index (χ2v) is 5.64. The Labute approximate surface area is 130 Å². The summed E-state index contributed by atoms with van der Waals surface area (Å²) >= 11 is 0. The fourth-order valence-electron chi connectivity index (χ4n) is 2.08. The van der Waals surface area contributed by atoms with E-state index in [1.54, 1.807) is 37.3 Å². The third kappa shape index (κ3) is 4.08. The van der Waals surface area contributed by atoms with Crippen LogP contribution in [0.1, 0.15) is 32.4 Å². The van der Waals surface area contributed by atoms with Gasteiger partial charge in [0.2, 0.25) is 11.8 Å². The van der Waals surface area contributed by atoms with E-state index < -0.39 is 5.54 Å². The largest absolute Gasteiger partial charge is 0.438 e. The fourth-order valence-corrected chi connectivity index (χ4v) is 2.08. The van der Waals surface area contributed by atoms with E-state index in [2.05, 4.69) is 15.5 Å². The molecule has 1 aromatic heterocycles. The first-order chi connectivity index (χ1) is 10.4. The molecule has 1 aromatic carbocycles. The number of amides is 1. The summed E-state index contributed by atoms with van der Waals surface area (Å²) in [5.74, 6) is 0.964. The number of carbonyl (C=O) groups excluding carboxylic acids is 1. The molecule has 1 unspecified atom stereocenters. The minimum atomic E-state index is -0.865. The highest BCUT2D eigenvalue weighted by Crippen LogP contribution is 2.22. The van der Waals surface area contributed by atoms with Crippen LogP contribution in [0.3, 0.4) is 0 Å². The molecule has 1 heterocycles. The fraction of sp³-hybridized carbons (Fsp3) is 0.375. The molecule has 6 nitrogen and oxygen atoms in total. The number of ether oxygens (including phenoxy) is 1. The standard InChI is InChI=1S/C16H22N4O2/c1-4-9-16(3,17)15(21)18-12-5-7-13(8-6-12)22-14-10-11(2)19-20-14/h5-8,10H,4,9,17H2,1-3H3,(H,18,21)(H,19,20). The topological polar surface area (TPSA) is 93.0 Å². The van der Waals surface area contributed by atoms with Crippen LogP contribution < -0.4 is 15.8 Å². The maximum Gasteiger partial charge on any atom is 0.244 e. The third-order valence-electron chi connectivity index (χ3n) is 3.31. The Bertz CT molecular complexity index is 632. The third-order valence-corrected chi connectivity index (χ3v) is 3.31. The summed E-state index contributed by atoms with van der Waals surface area (Å²) in [6, 6.07) is 8.89. The molecule has 2 rings (SSSR count). The van der Waals surface area contributed by atoms with Crippen molar-refractivity contribution in [1.29, 1.82) is 0 Å². The smallest absolute Gasteiger partial charge is 0.244 e. The van der Waals surface area contributed by atoms with Crippen LogP contribution in [0.5, 0.6) is 11.6 Å². The normalized spacial score (nSPS) is 13.5. The number of benzene rings is 1. The number of hydrogen-bond donors (Lipinski definition) is 3. The molecule has 6 heteroatoms. The number of nitrogens with zero attached hydrogens (tertiary/aromatic N) is 1. The van der Waals surface area contributed by atoms with Crippen LogP contribution in [0.4, 0.5) is 5.69 Å². The Morgan fingerprint density at radius 2 is 2.09 bits per heavy atom. The number of H-pyrrole nitrogens is 1. The van der Waals surface area contributed by atoms with Crippen LogP contribution in [-0.2, 0) is 4.79 Å². The van der Waals surface area contributed by atoms with Crippen LogP contribution >= 0.6 is 0 Å². The predicted octanol–water partition coefficient (Wildman–Crippen LogP) is 2.97. The Balaban J connectivity index is 1.98. The van der Waals surface area contributed by atoms with E-state index in [4.69, 9.17) is 10.5 Å². The summed E-state index contributed by atoms with van der Waals surface area (Å²) in [5.41, 5.74) is 6.75. The number of aromatic amines is 1. The van der Waals surface area contributed by atoms with Crippen molar-refractivity contribution in [3.8, 4) is 11.6 Å². The highest BCUT2D eigenvalue weighted by Gasteiger charge is 2.27. The second kappa shape index (κ2) is 6.62. The highest BCUT2D eigenvalue weighted by molar-refractivity contribution is 5.97. The summed E-state index contributed by atoms with van der Waals surface area (Å²) in [6.07, 6.45) is 1.49. The lowest BCUT2D eigenvalue weighted by atomic mass is 9.96. The molecule has 0 aliphatic rings. The lowest BCUT2D eigenvalue weighted by Crippen LogP contribution is -2.48. The summed E-state index contributed by atoms with van der Waals surface area (Å²) in [6.45, 7) is 5.64. The monoisotopic (exact) mass is 302 g/mol. The lowest BCUT2D eigenvalue weighted by molar-refractivity contribution is -0.120. The summed E-state index contributed by atoms with van der Waals surface area (Å²) < 4.78 is 5.59. The second-order valence-electron chi connectivity index (χ2n) is 5.64. The number of carbonyl (C=O) groups is 1. The number of rotatable bonds is 6. The van der Waals surface area contributed by atoms with Crippen LogP contribution in [0.25, 0.3) is 0 Å². The first kappa shape index (κ1) is 16.0. The minimum absolute atomic E-state index is 0.189. The average Bonchev–Trinajstić information content (AvgIpc) is 2.86. The van der Waals surface area contributed by atoms with Crippen molar-refractivity contribution in [2.75, 3.05) is 5.32 Å². The van der Waals surface area contributed by atoms with Crippen molar-refractivity contribution in [2.24, 2.45) is 5.73 Å². The first-order valence-corrected chi connectivity index (χ1v) is 7.31. The summed E-state index contributed by atoms with van der Waals surface area (Å²) in [7, 11) is 0. The van der Waals surface area contributed by atoms with Crippen molar-refractivity contribution in [3.05, 3.63) is 36.0 Å². The van der Waals surface area contributed by atoms with Gasteiger partial charge < -0.3 is 15.8 Å². The van der Waals surface area contributed by atoms with Crippen LogP contribution in [0, 0.1) is 6.92 Å². The van der Waals surface area contributed by atoms with Crippen molar-refractivity contribution < 1.29 is 9.53 Å². The van der Waals surface area contributed by atoms with Gasteiger partial charge >= 0.3 is 0 Å². The van der Waals surface area contributed by atoms with Gasteiger partial charge in [0.15, 0.2) is 0 Å². The van der Waals surface area contributed by atoms with E-state index in [-0.39, 0.29) is 5.91 Å². The van der Waals surface area contributed by atoms with Gasteiger partial charge in [0.1, 0.15) is 5.75 Å². The molecule has 0 saturated heterocycles. The molecule has 0 aliphatic heterocycles. The zero-order valence-electron chi connectivity index (χ0n) is 13.1. The number of anilines is 1. The number of nitrogens with two attached hydrogens (primary N) is 1. The summed E-state index contributed by atoms with van der Waals surface area (Å²) in [5, 5.41) is 9.63. The molecule has 0 aliphatic carbocycles. The summed E-state index contributed by atoms with van der Waals surface area (Å²) in [4.78, 5) is 12.1. The Morgan fingerprint density at radius 3 is 2.64 bits per heavy atom. The Hall–Kier alpha value is -2.34. The van der Waals surface area contributed by atoms with Gasteiger partial charge in [-0.1, -0.05) is 13.3 Å². The molecule has 1 amide bonds. The van der Waals surface area contributed by atoms with E-state index in [0.29, 0.717) is 23.7 Å². The quantitative estimate of drug-likeness (QED) is 0.764. The molecule has 0 radical (unpaired) electrons. The van der Waals surface area contributed by atoms with E-state index in [1.165, 1.54) is 0 Å². The van der Waals surface area contributed by atoms with Gasteiger partial charge in [-0.25, -0.2) is 0 Å². The van der Waals surface area contributed by atoms with Gasteiger partial charge in [-0.3, -0.25) is 9.89 Å². The number of aryl methyl sites for hydroxylation is 1. The van der Waals surface area contributed by atoms with E-state index in [0.717, 1.165) is 12.1 Å². The predicted molar refractivity (Wildman–Crippen MR) is 86.0 cm³/mol. The van der Waals surface area contributed by atoms with Gasteiger partial charge in [-0.05, 0) is 44.5 Å². The van der Waals surface area contributed by atoms with Crippen LogP contribution in [0.15, 0.2) is 30.3 Å². The molecule has 1 atom stereocenters.